The van der Waals surface area contributed by atoms with Crippen molar-refractivity contribution in [2.75, 3.05) is 34.5 Å². The molecule has 0 aromatic carbocycles. The summed E-state index contributed by atoms with van der Waals surface area (Å²) in [6, 6.07) is 0. The average Bonchev–Trinajstić information content (AvgIpc) is 2.27. The molecule has 0 spiro atoms. The fraction of sp³-hybridized carbons (Fsp3) is 0.909. The quantitative estimate of drug-likeness (QED) is 0.564. The van der Waals surface area contributed by atoms with Gasteiger partial charge in [-0.3, -0.25) is 4.79 Å². The van der Waals surface area contributed by atoms with Gasteiger partial charge >= 0.3 is 0 Å². The van der Waals surface area contributed by atoms with Crippen LogP contribution in [0.3, 0.4) is 0 Å². The van der Waals surface area contributed by atoms with Crippen LogP contribution in [0.5, 0.6) is 0 Å². The van der Waals surface area contributed by atoms with Crippen LogP contribution in [0.25, 0.3) is 0 Å². The van der Waals surface area contributed by atoms with Crippen LogP contribution in [-0.4, -0.2) is 53.3 Å². The number of Topliss-reactive ketones (excluding diaryl/α,β-unsaturated/α-hetero) is 1. The maximum atomic E-state index is 10.7. The molecule has 0 N–H and O–H groups in total. The van der Waals surface area contributed by atoms with Gasteiger partial charge < -0.3 is 4.55 Å². The van der Waals surface area contributed by atoms with Gasteiger partial charge in [0.15, 0.2) is 11.5 Å². The lowest BCUT2D eigenvalue weighted by atomic mass is 10.4. The fourth-order valence-electron chi connectivity index (χ4n) is 1.31. The largest absolute Gasteiger partial charge is 0.748 e. The average molecular weight is 314 g/mol. The summed E-state index contributed by atoms with van der Waals surface area (Å²) in [5.41, 5.74) is 0. The second kappa shape index (κ2) is 10.1. The van der Waals surface area contributed by atoms with Gasteiger partial charge in [0.25, 0.3) is 0 Å². The second-order valence-corrected chi connectivity index (χ2v) is 9.17. The minimum absolute atomic E-state index is 0.219. The van der Waals surface area contributed by atoms with Gasteiger partial charge in [0, 0.05) is 17.3 Å². The van der Waals surface area contributed by atoms with Gasteiger partial charge in [0.05, 0.1) is 10.1 Å². The van der Waals surface area contributed by atoms with Crippen LogP contribution in [0.2, 0.25) is 0 Å². The van der Waals surface area contributed by atoms with E-state index >= 15 is 0 Å². The van der Waals surface area contributed by atoms with Gasteiger partial charge in [-0.2, -0.15) is 11.8 Å². The van der Waals surface area contributed by atoms with Crippen molar-refractivity contribution in [2.45, 2.75) is 26.7 Å². The van der Waals surface area contributed by atoms with Crippen LogP contribution in [0.4, 0.5) is 0 Å². The van der Waals surface area contributed by atoms with Gasteiger partial charge in [-0.25, -0.2) is 8.42 Å². The molecule has 0 aromatic heterocycles. The highest BCUT2D eigenvalue weighted by Crippen LogP contribution is 2.13. The zero-order chi connectivity index (χ0) is 14.0. The zero-order valence-electron chi connectivity index (χ0n) is 11.0. The lowest BCUT2D eigenvalue weighted by Gasteiger charge is -2.11. The summed E-state index contributed by atoms with van der Waals surface area (Å²) < 4.78 is 29.5. The lowest BCUT2D eigenvalue weighted by Crippen LogP contribution is -2.26. The Balaban J connectivity index is 0.000000331. The smallest absolute Gasteiger partial charge is 0.178 e. The molecule has 0 unspecified atom stereocenters. The van der Waals surface area contributed by atoms with E-state index in [4.69, 9.17) is 0 Å². The van der Waals surface area contributed by atoms with E-state index in [1.54, 1.807) is 6.92 Å². The Kier molecular flexibility index (Phi) is 10.3. The molecule has 1 rings (SSSR count). The van der Waals surface area contributed by atoms with Gasteiger partial charge in [-0.1, -0.05) is 13.3 Å². The van der Waals surface area contributed by atoms with Crippen molar-refractivity contribution in [2.24, 2.45) is 0 Å². The van der Waals surface area contributed by atoms with E-state index in [0.29, 0.717) is 23.1 Å². The number of thioether (sulfide) groups is 1. The van der Waals surface area contributed by atoms with Gasteiger partial charge in [0.1, 0.15) is 11.5 Å². The normalized spacial score (nSPS) is 16.8. The van der Waals surface area contributed by atoms with E-state index in [9.17, 15) is 17.8 Å². The molecule has 1 fully saturated rings. The van der Waals surface area contributed by atoms with E-state index in [1.807, 2.05) is 18.7 Å². The molecule has 1 aliphatic heterocycles. The molecule has 108 valence electrons. The van der Waals surface area contributed by atoms with Gasteiger partial charge in [-0.15, -0.1) is 0 Å². The van der Waals surface area contributed by atoms with Crippen LogP contribution in [-0.2, 0) is 25.8 Å². The predicted octanol–water partition coefficient (Wildman–Crippen LogP) is 1.27. The first-order valence-electron chi connectivity index (χ1n) is 6.00. The summed E-state index contributed by atoms with van der Waals surface area (Å²) in [6.07, 6.45) is 1.23. The molecule has 0 radical (unpaired) electrons. The maximum absolute atomic E-state index is 10.7. The molecule has 1 saturated heterocycles. The van der Waals surface area contributed by atoms with E-state index < -0.39 is 10.1 Å². The molecule has 7 heteroatoms. The molecular formula is C11H22O4S3. The zero-order valence-corrected chi connectivity index (χ0v) is 13.5. The molecule has 1 aliphatic rings. The van der Waals surface area contributed by atoms with Crippen molar-refractivity contribution in [3.05, 3.63) is 0 Å². The van der Waals surface area contributed by atoms with Crippen molar-refractivity contribution in [3.8, 4) is 0 Å². The summed E-state index contributed by atoms with van der Waals surface area (Å²) in [5.74, 6) is 6.11. The SMILES string of the molecule is CC(=O)C[S+]1CCSCC1.CCCCS(=O)(=O)[O-]. The first kappa shape index (κ1) is 18.3. The number of hydrogen-bond acceptors (Lipinski definition) is 5. The Morgan fingerprint density at radius 1 is 1.33 bits per heavy atom. The summed E-state index contributed by atoms with van der Waals surface area (Å²) in [6.45, 7) is 3.54. The number of carbonyl (C=O) groups excluding carboxylic acids is 1. The Morgan fingerprint density at radius 3 is 2.22 bits per heavy atom. The molecule has 0 aromatic rings. The van der Waals surface area contributed by atoms with Crippen molar-refractivity contribution in [1.29, 1.82) is 0 Å². The van der Waals surface area contributed by atoms with Crippen molar-refractivity contribution >= 4 is 38.6 Å². The summed E-state index contributed by atoms with van der Waals surface area (Å²) >= 11 is 2.02. The highest BCUT2D eigenvalue weighted by Gasteiger charge is 2.23. The minimum Gasteiger partial charge on any atom is -0.748 e. The molecule has 18 heavy (non-hydrogen) atoms. The van der Waals surface area contributed by atoms with Crippen LogP contribution >= 0.6 is 11.8 Å². The number of rotatable bonds is 5. The third-order valence-corrected chi connectivity index (χ3v) is 6.86. The molecule has 4 nitrogen and oxygen atoms in total. The first-order valence-corrected chi connectivity index (χ1v) is 10.5. The number of hydrogen-bond donors (Lipinski definition) is 0. The summed E-state index contributed by atoms with van der Waals surface area (Å²) in [4.78, 5) is 10.7. The van der Waals surface area contributed by atoms with Crippen LogP contribution in [0, 0.1) is 0 Å². The van der Waals surface area contributed by atoms with Crippen molar-refractivity contribution in [3.63, 3.8) is 0 Å². The molecular weight excluding hydrogens is 292 g/mol. The molecule has 0 atom stereocenters. The fourth-order valence-corrected chi connectivity index (χ4v) is 6.05. The van der Waals surface area contributed by atoms with Crippen molar-refractivity contribution in [1.82, 2.24) is 0 Å². The number of ketones is 1. The highest BCUT2D eigenvalue weighted by molar-refractivity contribution is 8.05. The Bertz CT molecular complexity index is 321. The molecule has 1 heterocycles. The Labute approximate surface area is 117 Å². The molecule has 0 aliphatic carbocycles. The third kappa shape index (κ3) is 12.7. The summed E-state index contributed by atoms with van der Waals surface area (Å²) in [5, 5.41) is 0. The molecule has 0 saturated carbocycles. The third-order valence-electron chi connectivity index (χ3n) is 2.19. The molecule has 0 bridgehead atoms. The van der Waals surface area contributed by atoms with Crippen molar-refractivity contribution < 1.29 is 17.8 Å². The van der Waals surface area contributed by atoms with Crippen LogP contribution in [0.1, 0.15) is 26.7 Å². The Hall–Kier alpha value is 0.280. The van der Waals surface area contributed by atoms with Gasteiger partial charge in [-0.05, 0) is 24.2 Å². The minimum atomic E-state index is -3.94. The highest BCUT2D eigenvalue weighted by atomic mass is 32.2. The molecule has 0 amide bonds. The number of carbonyl (C=O) groups is 1. The lowest BCUT2D eigenvalue weighted by molar-refractivity contribution is -0.114. The monoisotopic (exact) mass is 314 g/mol. The van der Waals surface area contributed by atoms with Crippen LogP contribution in [0.15, 0.2) is 0 Å². The number of unbranched alkanes of at least 4 members (excludes halogenated alkanes) is 1. The summed E-state index contributed by atoms with van der Waals surface area (Å²) in [7, 11) is -3.48. The van der Waals surface area contributed by atoms with E-state index in [-0.39, 0.29) is 5.75 Å². The maximum Gasteiger partial charge on any atom is 0.178 e. The predicted molar refractivity (Wildman–Crippen MR) is 79.4 cm³/mol. The Morgan fingerprint density at radius 2 is 1.89 bits per heavy atom. The van der Waals surface area contributed by atoms with E-state index in [0.717, 1.165) is 12.2 Å². The van der Waals surface area contributed by atoms with Crippen LogP contribution < -0.4 is 0 Å². The topological polar surface area (TPSA) is 74.3 Å². The second-order valence-electron chi connectivity index (χ2n) is 4.09. The van der Waals surface area contributed by atoms with E-state index in [2.05, 4.69) is 0 Å². The first-order chi connectivity index (χ1) is 8.35. The standard InChI is InChI=1S/C7H13OS2.C4H10O3S/c1-7(8)6-10-4-2-9-3-5-10;1-2-3-4-8(5,6)7/h2-6H2,1H3;2-4H2,1H3,(H,5,6,7)/q+1;/p-1. The van der Waals surface area contributed by atoms with E-state index in [1.165, 1.54) is 23.0 Å². The van der Waals surface area contributed by atoms with Gasteiger partial charge in [0.2, 0.25) is 0 Å².